The Balaban J connectivity index is 1.25. The number of hydrogen-bond acceptors (Lipinski definition) is 5. The van der Waals surface area contributed by atoms with Crippen molar-refractivity contribution >= 4 is 23.5 Å². The third-order valence-electron chi connectivity index (χ3n) is 5.68. The molecular formula is C25H21N3O5. The van der Waals surface area contributed by atoms with Crippen molar-refractivity contribution in [2.24, 2.45) is 0 Å². The summed E-state index contributed by atoms with van der Waals surface area (Å²) >= 11 is 0. The van der Waals surface area contributed by atoms with E-state index < -0.39 is 29.9 Å². The van der Waals surface area contributed by atoms with E-state index in [-0.39, 0.29) is 0 Å². The molecule has 2 heterocycles. The molecule has 0 aromatic heterocycles. The summed E-state index contributed by atoms with van der Waals surface area (Å²) < 4.78 is 11.4. The molecule has 0 saturated carbocycles. The number of fused-ring (bicyclic) bond motifs is 2. The van der Waals surface area contributed by atoms with Crippen molar-refractivity contribution in [2.75, 3.05) is 18.5 Å². The standard InChI is InChI=1S/C25H21N3O5/c29-22(26-17-10-12-19(13-11-17)33-18-6-2-1-3-7-18)16-28-23(30)25(27-24(28)31)14-15-32-21-9-5-4-8-20(21)25/h1-13H,14-16H2,(H,26,29)(H,27,31)/t25-/m1/s1. The van der Waals surface area contributed by atoms with E-state index >= 15 is 0 Å². The first-order chi connectivity index (χ1) is 16.0. The van der Waals surface area contributed by atoms with Gasteiger partial charge in [0.2, 0.25) is 5.91 Å². The van der Waals surface area contributed by atoms with Crippen LogP contribution in [0.2, 0.25) is 0 Å². The quantitative estimate of drug-likeness (QED) is 0.587. The Morgan fingerprint density at radius 2 is 1.67 bits per heavy atom. The number of ether oxygens (including phenoxy) is 2. The maximum absolute atomic E-state index is 13.3. The molecule has 1 spiro atoms. The number of nitrogens with zero attached hydrogens (tertiary/aromatic N) is 1. The van der Waals surface area contributed by atoms with E-state index in [2.05, 4.69) is 10.6 Å². The van der Waals surface area contributed by atoms with Crippen molar-refractivity contribution in [3.8, 4) is 17.2 Å². The number of rotatable bonds is 5. The summed E-state index contributed by atoms with van der Waals surface area (Å²) in [4.78, 5) is 39.4. The van der Waals surface area contributed by atoms with Crippen LogP contribution in [0.25, 0.3) is 0 Å². The molecular weight excluding hydrogens is 422 g/mol. The van der Waals surface area contributed by atoms with E-state index in [0.717, 1.165) is 4.90 Å². The summed E-state index contributed by atoms with van der Waals surface area (Å²) in [6.07, 6.45) is 0.301. The molecule has 2 aliphatic heterocycles. The van der Waals surface area contributed by atoms with Crippen molar-refractivity contribution in [1.29, 1.82) is 0 Å². The maximum Gasteiger partial charge on any atom is 0.325 e. The molecule has 3 aromatic rings. The van der Waals surface area contributed by atoms with Gasteiger partial charge in [-0.05, 0) is 42.5 Å². The molecule has 5 rings (SSSR count). The fraction of sp³-hybridized carbons (Fsp3) is 0.160. The van der Waals surface area contributed by atoms with Crippen LogP contribution in [-0.2, 0) is 15.1 Å². The summed E-state index contributed by atoms with van der Waals surface area (Å²) in [6, 6.07) is 22.7. The lowest BCUT2D eigenvalue weighted by atomic mass is 9.84. The topological polar surface area (TPSA) is 97.0 Å². The third-order valence-corrected chi connectivity index (χ3v) is 5.68. The van der Waals surface area contributed by atoms with Crippen molar-refractivity contribution in [2.45, 2.75) is 12.0 Å². The van der Waals surface area contributed by atoms with E-state index in [1.165, 1.54) is 0 Å². The molecule has 0 bridgehead atoms. The number of hydrogen-bond donors (Lipinski definition) is 2. The molecule has 0 radical (unpaired) electrons. The molecule has 0 aliphatic carbocycles. The number of imide groups is 1. The Hall–Kier alpha value is -4.33. The Labute approximate surface area is 190 Å². The molecule has 33 heavy (non-hydrogen) atoms. The zero-order chi connectivity index (χ0) is 22.8. The smallest absolute Gasteiger partial charge is 0.325 e. The zero-order valence-electron chi connectivity index (χ0n) is 17.6. The molecule has 1 saturated heterocycles. The average Bonchev–Trinajstić information content (AvgIpc) is 3.06. The Morgan fingerprint density at radius 3 is 2.45 bits per heavy atom. The van der Waals surface area contributed by atoms with Gasteiger partial charge in [-0.3, -0.25) is 14.5 Å². The van der Waals surface area contributed by atoms with Gasteiger partial charge in [0.1, 0.15) is 23.8 Å². The van der Waals surface area contributed by atoms with Gasteiger partial charge >= 0.3 is 6.03 Å². The molecule has 2 aliphatic rings. The van der Waals surface area contributed by atoms with Crippen LogP contribution in [0.3, 0.4) is 0 Å². The van der Waals surface area contributed by atoms with Gasteiger partial charge in [0, 0.05) is 17.7 Å². The lowest BCUT2D eigenvalue weighted by Gasteiger charge is -2.33. The van der Waals surface area contributed by atoms with Gasteiger partial charge in [0.15, 0.2) is 5.54 Å². The number of benzene rings is 3. The first kappa shape index (κ1) is 20.6. The lowest BCUT2D eigenvalue weighted by molar-refractivity contribution is -0.135. The number of nitrogens with one attached hydrogen (secondary N) is 2. The van der Waals surface area contributed by atoms with Gasteiger partial charge in [-0.1, -0.05) is 36.4 Å². The van der Waals surface area contributed by atoms with E-state index in [1.807, 2.05) is 30.3 Å². The fourth-order valence-electron chi connectivity index (χ4n) is 4.09. The van der Waals surface area contributed by atoms with Crippen LogP contribution < -0.4 is 20.1 Å². The van der Waals surface area contributed by atoms with Gasteiger partial charge in [-0.15, -0.1) is 0 Å². The Morgan fingerprint density at radius 1 is 0.970 bits per heavy atom. The monoisotopic (exact) mass is 443 g/mol. The number of urea groups is 1. The van der Waals surface area contributed by atoms with Crippen LogP contribution in [0, 0.1) is 0 Å². The Kier molecular flexibility index (Phi) is 5.18. The second-order valence-electron chi connectivity index (χ2n) is 7.81. The minimum atomic E-state index is -1.21. The molecule has 1 fully saturated rings. The van der Waals surface area contributed by atoms with Crippen molar-refractivity contribution in [3.05, 3.63) is 84.4 Å². The normalized spacial score (nSPS) is 19.0. The van der Waals surface area contributed by atoms with Gasteiger partial charge in [0.05, 0.1) is 6.61 Å². The van der Waals surface area contributed by atoms with Gasteiger partial charge in [-0.25, -0.2) is 4.79 Å². The van der Waals surface area contributed by atoms with Crippen LogP contribution in [0.1, 0.15) is 12.0 Å². The Bertz CT molecular complexity index is 1210. The summed E-state index contributed by atoms with van der Waals surface area (Å²) in [5, 5.41) is 5.50. The van der Waals surface area contributed by atoms with Crippen molar-refractivity contribution in [3.63, 3.8) is 0 Å². The average molecular weight is 443 g/mol. The van der Waals surface area contributed by atoms with Crippen LogP contribution in [0.5, 0.6) is 17.2 Å². The van der Waals surface area contributed by atoms with Gasteiger partial charge < -0.3 is 20.1 Å². The molecule has 8 nitrogen and oxygen atoms in total. The van der Waals surface area contributed by atoms with E-state index in [4.69, 9.17) is 9.47 Å². The van der Waals surface area contributed by atoms with Crippen molar-refractivity contribution < 1.29 is 23.9 Å². The summed E-state index contributed by atoms with van der Waals surface area (Å²) in [5.74, 6) is 0.948. The number of anilines is 1. The zero-order valence-corrected chi connectivity index (χ0v) is 17.6. The maximum atomic E-state index is 13.3. The SMILES string of the molecule is O=C(CN1C(=O)N[C@@]2(CCOc3ccccc32)C1=O)Nc1ccc(Oc2ccccc2)cc1. The predicted octanol–water partition coefficient (Wildman–Crippen LogP) is 3.65. The first-order valence-electron chi connectivity index (χ1n) is 10.5. The molecule has 166 valence electrons. The number of carbonyl (C=O) groups excluding carboxylic acids is 3. The lowest BCUT2D eigenvalue weighted by Crippen LogP contribution is -2.48. The number of amides is 4. The highest BCUT2D eigenvalue weighted by atomic mass is 16.5. The molecule has 0 unspecified atom stereocenters. The fourth-order valence-corrected chi connectivity index (χ4v) is 4.09. The second kappa shape index (κ2) is 8.31. The minimum Gasteiger partial charge on any atom is -0.493 e. The molecule has 4 amide bonds. The summed E-state index contributed by atoms with van der Waals surface area (Å²) in [6.45, 7) is -0.0990. The highest BCUT2D eigenvalue weighted by Crippen LogP contribution is 2.40. The second-order valence-corrected chi connectivity index (χ2v) is 7.81. The first-order valence-corrected chi connectivity index (χ1v) is 10.5. The highest BCUT2D eigenvalue weighted by molar-refractivity contribution is 6.10. The van der Waals surface area contributed by atoms with Crippen LogP contribution >= 0.6 is 0 Å². The van der Waals surface area contributed by atoms with Crippen LogP contribution in [0.4, 0.5) is 10.5 Å². The van der Waals surface area contributed by atoms with E-state index in [1.54, 1.807) is 48.5 Å². The molecule has 3 aromatic carbocycles. The largest absolute Gasteiger partial charge is 0.493 e. The van der Waals surface area contributed by atoms with Crippen LogP contribution in [0.15, 0.2) is 78.9 Å². The van der Waals surface area contributed by atoms with E-state index in [0.29, 0.717) is 41.5 Å². The van der Waals surface area contributed by atoms with Crippen LogP contribution in [-0.4, -0.2) is 35.9 Å². The molecule has 1 atom stereocenters. The minimum absolute atomic E-state index is 0.292. The van der Waals surface area contributed by atoms with Gasteiger partial charge in [-0.2, -0.15) is 0 Å². The highest BCUT2D eigenvalue weighted by Gasteiger charge is 2.55. The van der Waals surface area contributed by atoms with Crippen molar-refractivity contribution in [1.82, 2.24) is 10.2 Å². The third kappa shape index (κ3) is 3.87. The molecule has 8 heteroatoms. The summed E-state index contributed by atoms with van der Waals surface area (Å²) in [7, 11) is 0. The molecule has 2 N–H and O–H groups in total. The number of carbonyl (C=O) groups is 3. The summed E-state index contributed by atoms with van der Waals surface area (Å²) in [5.41, 5.74) is -0.0760. The predicted molar refractivity (Wildman–Crippen MR) is 120 cm³/mol. The van der Waals surface area contributed by atoms with Gasteiger partial charge in [0.25, 0.3) is 5.91 Å². The number of para-hydroxylation sites is 2. The van der Waals surface area contributed by atoms with E-state index in [9.17, 15) is 14.4 Å².